The van der Waals surface area contributed by atoms with Gasteiger partial charge in [0.05, 0.1) is 11.9 Å². The fourth-order valence-corrected chi connectivity index (χ4v) is 3.56. The molecular weight excluding hydrogens is 461 g/mol. The number of anilines is 1. The smallest absolute Gasteiger partial charge is 0.349 e. The fourth-order valence-electron chi connectivity index (χ4n) is 3.56. The van der Waals surface area contributed by atoms with Gasteiger partial charge in [0.2, 0.25) is 0 Å². The SMILES string of the molecule is CC(N)c1ccc(C(=O)Nc2ccncc2F)cc1-c1cccc(OCC(=O)Oc2ccccc2)c1. The minimum absolute atomic E-state index is 0.0330. The third-order valence-electron chi connectivity index (χ3n) is 5.30. The molecule has 1 heterocycles. The van der Waals surface area contributed by atoms with E-state index in [-0.39, 0.29) is 18.3 Å². The molecule has 1 unspecified atom stereocenters. The van der Waals surface area contributed by atoms with Gasteiger partial charge >= 0.3 is 5.97 Å². The molecule has 4 rings (SSSR count). The number of hydrogen-bond acceptors (Lipinski definition) is 6. The van der Waals surface area contributed by atoms with Crippen LogP contribution in [0.25, 0.3) is 11.1 Å². The van der Waals surface area contributed by atoms with E-state index in [9.17, 15) is 14.0 Å². The molecule has 1 atom stereocenters. The highest BCUT2D eigenvalue weighted by molar-refractivity contribution is 6.05. The van der Waals surface area contributed by atoms with Crippen LogP contribution in [0, 0.1) is 5.82 Å². The van der Waals surface area contributed by atoms with Crippen molar-refractivity contribution in [1.29, 1.82) is 0 Å². The number of pyridine rings is 1. The van der Waals surface area contributed by atoms with E-state index in [0.29, 0.717) is 22.6 Å². The number of carbonyl (C=O) groups is 2. The van der Waals surface area contributed by atoms with Crippen LogP contribution in [0.1, 0.15) is 28.9 Å². The van der Waals surface area contributed by atoms with E-state index in [0.717, 1.165) is 17.3 Å². The summed E-state index contributed by atoms with van der Waals surface area (Å²) >= 11 is 0. The molecule has 3 N–H and O–H groups in total. The van der Waals surface area contributed by atoms with E-state index >= 15 is 0 Å². The van der Waals surface area contributed by atoms with Crippen molar-refractivity contribution in [2.45, 2.75) is 13.0 Å². The molecule has 8 heteroatoms. The molecule has 0 saturated heterocycles. The van der Waals surface area contributed by atoms with Gasteiger partial charge in [-0.3, -0.25) is 9.78 Å². The Morgan fingerprint density at radius 2 is 1.78 bits per heavy atom. The number of carbonyl (C=O) groups excluding carboxylic acids is 2. The van der Waals surface area contributed by atoms with Crippen LogP contribution >= 0.6 is 0 Å². The molecule has 7 nitrogen and oxygen atoms in total. The third-order valence-corrected chi connectivity index (χ3v) is 5.30. The van der Waals surface area contributed by atoms with Gasteiger partial charge in [0.15, 0.2) is 12.4 Å². The predicted octanol–water partition coefficient (Wildman–Crippen LogP) is 5.14. The summed E-state index contributed by atoms with van der Waals surface area (Å²) in [6, 6.07) is 22.0. The van der Waals surface area contributed by atoms with Gasteiger partial charge in [0.25, 0.3) is 5.91 Å². The summed E-state index contributed by atoms with van der Waals surface area (Å²) in [6.45, 7) is 1.56. The van der Waals surface area contributed by atoms with Crippen LogP contribution in [0.15, 0.2) is 91.3 Å². The summed E-state index contributed by atoms with van der Waals surface area (Å²) < 4.78 is 24.8. The van der Waals surface area contributed by atoms with E-state index in [2.05, 4.69) is 10.3 Å². The molecule has 1 aromatic heterocycles. The Kier molecular flexibility index (Phi) is 7.67. The Labute approximate surface area is 207 Å². The predicted molar refractivity (Wildman–Crippen MR) is 134 cm³/mol. The lowest BCUT2D eigenvalue weighted by Crippen LogP contribution is -2.17. The number of esters is 1. The maximum atomic E-state index is 13.9. The third kappa shape index (κ3) is 6.11. The Bertz CT molecular complexity index is 1380. The number of nitrogens with two attached hydrogens (primary N) is 1. The summed E-state index contributed by atoms with van der Waals surface area (Å²) in [5.74, 6) is -0.766. The van der Waals surface area contributed by atoms with Gasteiger partial charge in [-0.1, -0.05) is 36.4 Å². The molecule has 0 aliphatic rings. The largest absolute Gasteiger partial charge is 0.482 e. The first kappa shape index (κ1) is 24.6. The summed E-state index contributed by atoms with van der Waals surface area (Å²) in [6.07, 6.45) is 2.42. The maximum Gasteiger partial charge on any atom is 0.349 e. The van der Waals surface area contributed by atoms with Crippen molar-refractivity contribution in [3.05, 3.63) is 108 Å². The van der Waals surface area contributed by atoms with Crippen LogP contribution < -0.4 is 20.5 Å². The zero-order valence-electron chi connectivity index (χ0n) is 19.5. The zero-order valence-corrected chi connectivity index (χ0v) is 19.5. The Morgan fingerprint density at radius 1 is 1.00 bits per heavy atom. The summed E-state index contributed by atoms with van der Waals surface area (Å²) in [5, 5.41) is 2.56. The lowest BCUT2D eigenvalue weighted by molar-refractivity contribution is -0.136. The summed E-state index contributed by atoms with van der Waals surface area (Å²) in [7, 11) is 0. The second-order valence-electron chi connectivity index (χ2n) is 8.00. The first-order valence-electron chi connectivity index (χ1n) is 11.2. The number of ether oxygens (including phenoxy) is 2. The molecule has 1 amide bonds. The number of aromatic nitrogens is 1. The first-order valence-corrected chi connectivity index (χ1v) is 11.2. The topological polar surface area (TPSA) is 104 Å². The maximum absolute atomic E-state index is 13.9. The van der Waals surface area contributed by atoms with Crippen molar-refractivity contribution >= 4 is 17.6 Å². The van der Waals surface area contributed by atoms with Gasteiger partial charge in [-0.15, -0.1) is 0 Å². The Morgan fingerprint density at radius 3 is 2.53 bits per heavy atom. The van der Waals surface area contributed by atoms with E-state index < -0.39 is 17.7 Å². The molecule has 3 aromatic carbocycles. The molecule has 182 valence electrons. The van der Waals surface area contributed by atoms with E-state index in [1.807, 2.05) is 19.1 Å². The molecule has 0 aliphatic heterocycles. The fraction of sp³-hybridized carbons (Fsp3) is 0.107. The van der Waals surface area contributed by atoms with Gasteiger partial charge in [0.1, 0.15) is 11.5 Å². The molecule has 0 spiro atoms. The van der Waals surface area contributed by atoms with Crippen LogP contribution in [0.3, 0.4) is 0 Å². The summed E-state index contributed by atoms with van der Waals surface area (Å²) in [5.41, 5.74) is 8.80. The van der Waals surface area contributed by atoms with Crippen molar-refractivity contribution < 1.29 is 23.5 Å². The van der Waals surface area contributed by atoms with Crippen LogP contribution in [0.4, 0.5) is 10.1 Å². The quantitative estimate of drug-likeness (QED) is 0.264. The van der Waals surface area contributed by atoms with Gasteiger partial charge in [0, 0.05) is 17.8 Å². The van der Waals surface area contributed by atoms with Crippen molar-refractivity contribution in [3.63, 3.8) is 0 Å². The minimum atomic E-state index is -0.631. The molecule has 4 aromatic rings. The van der Waals surface area contributed by atoms with E-state index in [1.165, 1.54) is 12.3 Å². The number of para-hydroxylation sites is 1. The van der Waals surface area contributed by atoms with Crippen LogP contribution in [0.5, 0.6) is 11.5 Å². The monoisotopic (exact) mass is 485 g/mol. The zero-order chi connectivity index (χ0) is 25.5. The number of benzene rings is 3. The number of hydrogen-bond donors (Lipinski definition) is 2. The number of nitrogens with zero attached hydrogens (tertiary/aromatic N) is 1. The van der Waals surface area contributed by atoms with Crippen LogP contribution in [-0.4, -0.2) is 23.5 Å². The number of halogens is 1. The highest BCUT2D eigenvalue weighted by atomic mass is 19.1. The van der Waals surface area contributed by atoms with Crippen molar-refractivity contribution in [2.75, 3.05) is 11.9 Å². The minimum Gasteiger partial charge on any atom is -0.482 e. The average Bonchev–Trinajstić information content (AvgIpc) is 2.89. The van der Waals surface area contributed by atoms with Crippen LogP contribution in [-0.2, 0) is 4.79 Å². The van der Waals surface area contributed by atoms with Crippen molar-refractivity contribution in [3.8, 4) is 22.6 Å². The normalized spacial score (nSPS) is 11.4. The van der Waals surface area contributed by atoms with E-state index in [4.69, 9.17) is 15.2 Å². The summed E-state index contributed by atoms with van der Waals surface area (Å²) in [4.78, 5) is 28.6. The lowest BCUT2D eigenvalue weighted by Gasteiger charge is -2.16. The number of nitrogens with one attached hydrogen (secondary N) is 1. The number of amides is 1. The van der Waals surface area contributed by atoms with Gasteiger partial charge < -0.3 is 20.5 Å². The first-order chi connectivity index (χ1) is 17.4. The molecule has 0 radical (unpaired) electrons. The van der Waals surface area contributed by atoms with Crippen molar-refractivity contribution in [1.82, 2.24) is 4.98 Å². The standard InChI is InChI=1S/C28H24FN3O4/c1-18(30)23-11-10-20(28(34)32-26-12-13-31-16-25(26)29)15-24(23)19-6-5-9-22(14-19)35-17-27(33)36-21-7-3-2-4-8-21/h2-16,18H,17,30H2,1H3,(H,31,32,34). The van der Waals surface area contributed by atoms with E-state index in [1.54, 1.807) is 60.7 Å². The van der Waals surface area contributed by atoms with Gasteiger partial charge in [-0.05, 0) is 66.1 Å². The average molecular weight is 486 g/mol. The Balaban J connectivity index is 1.54. The van der Waals surface area contributed by atoms with Gasteiger partial charge in [-0.25, -0.2) is 9.18 Å². The Hall–Kier alpha value is -4.56. The van der Waals surface area contributed by atoms with Crippen molar-refractivity contribution in [2.24, 2.45) is 5.73 Å². The molecule has 0 aliphatic carbocycles. The second kappa shape index (κ2) is 11.2. The molecular formula is C28H24FN3O4. The molecule has 36 heavy (non-hydrogen) atoms. The highest BCUT2D eigenvalue weighted by Gasteiger charge is 2.16. The lowest BCUT2D eigenvalue weighted by atomic mass is 9.93. The second-order valence-corrected chi connectivity index (χ2v) is 8.00. The molecule has 0 bridgehead atoms. The van der Waals surface area contributed by atoms with Crippen LogP contribution in [0.2, 0.25) is 0 Å². The highest BCUT2D eigenvalue weighted by Crippen LogP contribution is 2.31. The molecule has 0 fully saturated rings. The number of rotatable bonds is 8. The molecule has 0 saturated carbocycles. The van der Waals surface area contributed by atoms with Gasteiger partial charge in [-0.2, -0.15) is 0 Å².